The van der Waals surface area contributed by atoms with Gasteiger partial charge in [-0.25, -0.2) is 0 Å². The van der Waals surface area contributed by atoms with E-state index in [0.717, 1.165) is 0 Å². The molecule has 56 valence electrons. The zero-order chi connectivity index (χ0) is 7.94. The average molecular weight is 136 g/mol. The lowest BCUT2D eigenvalue weighted by Crippen LogP contribution is -2.07. The van der Waals surface area contributed by atoms with Crippen molar-refractivity contribution in [1.29, 1.82) is 0 Å². The van der Waals surface area contributed by atoms with E-state index in [-0.39, 0.29) is 0 Å². The van der Waals surface area contributed by atoms with Crippen LogP contribution in [-0.4, -0.2) is 0 Å². The van der Waals surface area contributed by atoms with E-state index < -0.39 is 0 Å². The van der Waals surface area contributed by atoms with Crippen molar-refractivity contribution in [2.45, 2.75) is 34.1 Å². The summed E-state index contributed by atoms with van der Waals surface area (Å²) in [6.45, 7) is 13.0. The third kappa shape index (κ3) is 0.920. The lowest BCUT2D eigenvalue weighted by Gasteiger charge is -2.19. The summed E-state index contributed by atoms with van der Waals surface area (Å²) in [5.41, 5.74) is 4.58. The van der Waals surface area contributed by atoms with Gasteiger partial charge in [0.25, 0.3) is 0 Å². The molecule has 0 fully saturated rings. The van der Waals surface area contributed by atoms with Crippen LogP contribution >= 0.6 is 0 Å². The highest BCUT2D eigenvalue weighted by molar-refractivity contribution is 5.42. The van der Waals surface area contributed by atoms with Crippen LogP contribution in [0, 0.1) is 5.41 Å². The van der Waals surface area contributed by atoms with E-state index in [2.05, 4.69) is 34.3 Å². The van der Waals surface area contributed by atoms with Crippen LogP contribution in [0.1, 0.15) is 34.1 Å². The quantitative estimate of drug-likeness (QED) is 0.479. The first-order valence-electron chi connectivity index (χ1n) is 3.81. The third-order valence-corrected chi connectivity index (χ3v) is 2.62. The molecule has 1 aliphatic carbocycles. The van der Waals surface area contributed by atoms with Crippen LogP contribution in [-0.2, 0) is 0 Å². The number of hydrogen-bond donors (Lipinski definition) is 0. The Hall–Kier alpha value is -0.520. The lowest BCUT2D eigenvalue weighted by molar-refractivity contribution is 0.474. The monoisotopic (exact) mass is 136 g/mol. The molecule has 0 heterocycles. The molecule has 0 amide bonds. The molecule has 0 unspecified atom stereocenters. The van der Waals surface area contributed by atoms with E-state index >= 15 is 0 Å². The molecule has 0 nitrogen and oxygen atoms in total. The van der Waals surface area contributed by atoms with Crippen molar-refractivity contribution in [2.24, 2.45) is 5.41 Å². The Morgan fingerprint density at radius 2 is 1.80 bits per heavy atom. The normalized spacial score (nSPS) is 24.2. The summed E-state index contributed by atoms with van der Waals surface area (Å²) in [6.07, 6.45) is 1.19. The van der Waals surface area contributed by atoms with Crippen LogP contribution in [0.2, 0.25) is 0 Å². The molecule has 0 saturated carbocycles. The number of rotatable bonds is 0. The maximum atomic E-state index is 4.08. The Kier molecular flexibility index (Phi) is 1.50. The fraction of sp³-hybridized carbons (Fsp3) is 0.600. The third-order valence-electron chi connectivity index (χ3n) is 2.62. The van der Waals surface area contributed by atoms with Gasteiger partial charge in [0, 0.05) is 0 Å². The van der Waals surface area contributed by atoms with E-state index in [0.29, 0.717) is 5.41 Å². The topological polar surface area (TPSA) is 0 Å². The Bertz CT molecular complexity index is 204. The minimum atomic E-state index is 0.328. The highest BCUT2D eigenvalue weighted by Gasteiger charge is 2.29. The first kappa shape index (κ1) is 7.59. The maximum absolute atomic E-state index is 4.08. The molecule has 0 aromatic rings. The van der Waals surface area contributed by atoms with Gasteiger partial charge in [0.1, 0.15) is 0 Å². The zero-order valence-electron chi connectivity index (χ0n) is 7.41. The van der Waals surface area contributed by atoms with Crippen molar-refractivity contribution < 1.29 is 0 Å². The second kappa shape index (κ2) is 1.98. The van der Waals surface area contributed by atoms with Crippen molar-refractivity contribution in [1.82, 2.24) is 0 Å². The molecule has 0 aromatic heterocycles. The van der Waals surface area contributed by atoms with Gasteiger partial charge in [-0.3, -0.25) is 0 Å². The van der Waals surface area contributed by atoms with E-state index in [1.807, 2.05) is 0 Å². The molecule has 0 heteroatoms. The largest absolute Gasteiger partial charge is 0.0950 e. The first-order chi connectivity index (χ1) is 4.45. The molecule has 10 heavy (non-hydrogen) atoms. The predicted octanol–water partition coefficient (Wildman–Crippen LogP) is 3.31. The first-order valence-corrected chi connectivity index (χ1v) is 3.81. The van der Waals surface area contributed by atoms with Gasteiger partial charge in [0.05, 0.1) is 0 Å². The van der Waals surface area contributed by atoms with Crippen molar-refractivity contribution in [3.8, 4) is 0 Å². The van der Waals surface area contributed by atoms with Crippen LogP contribution in [0.15, 0.2) is 23.3 Å². The highest BCUT2D eigenvalue weighted by Crippen LogP contribution is 2.44. The van der Waals surface area contributed by atoms with Gasteiger partial charge in [-0.15, -0.1) is 0 Å². The van der Waals surface area contributed by atoms with Crippen LogP contribution in [0.25, 0.3) is 0 Å². The van der Waals surface area contributed by atoms with Gasteiger partial charge < -0.3 is 0 Å². The van der Waals surface area contributed by atoms with Gasteiger partial charge in [0.2, 0.25) is 0 Å². The summed E-state index contributed by atoms with van der Waals surface area (Å²) in [5.74, 6) is 0. The van der Waals surface area contributed by atoms with Gasteiger partial charge >= 0.3 is 0 Å². The molecule has 0 radical (unpaired) electrons. The molecule has 0 N–H and O–H groups in total. The van der Waals surface area contributed by atoms with Crippen LogP contribution in [0.5, 0.6) is 0 Å². The minimum absolute atomic E-state index is 0.328. The molecule has 1 rings (SSSR count). The van der Waals surface area contributed by atoms with E-state index in [9.17, 15) is 0 Å². The van der Waals surface area contributed by atoms with Crippen LogP contribution in [0.3, 0.4) is 0 Å². The van der Waals surface area contributed by atoms with Gasteiger partial charge in [-0.05, 0) is 36.8 Å². The molecule has 0 spiro atoms. The van der Waals surface area contributed by atoms with Crippen molar-refractivity contribution in [2.75, 3.05) is 0 Å². The SMILES string of the molecule is C=C1C(C)=C(C)CC1(C)C. The number of hydrogen-bond acceptors (Lipinski definition) is 0. The molecule has 0 saturated heterocycles. The van der Waals surface area contributed by atoms with Crippen molar-refractivity contribution in [3.05, 3.63) is 23.3 Å². The summed E-state index contributed by atoms with van der Waals surface area (Å²) in [5, 5.41) is 0. The Morgan fingerprint density at radius 3 is 1.90 bits per heavy atom. The average Bonchev–Trinajstić information content (AvgIpc) is 1.95. The fourth-order valence-electron chi connectivity index (χ4n) is 1.67. The summed E-state index contributed by atoms with van der Waals surface area (Å²) in [7, 11) is 0. The Balaban J connectivity index is 2.99. The molecular weight excluding hydrogens is 120 g/mol. The molecule has 0 aromatic carbocycles. The van der Waals surface area contributed by atoms with Crippen LogP contribution < -0.4 is 0 Å². The smallest absolute Gasteiger partial charge is 0.00696 e. The lowest BCUT2D eigenvalue weighted by atomic mass is 9.85. The van der Waals surface area contributed by atoms with Gasteiger partial charge in [-0.1, -0.05) is 26.0 Å². The van der Waals surface area contributed by atoms with E-state index in [4.69, 9.17) is 0 Å². The van der Waals surface area contributed by atoms with Crippen molar-refractivity contribution >= 4 is 0 Å². The molecule has 1 aliphatic rings. The van der Waals surface area contributed by atoms with Gasteiger partial charge in [0.15, 0.2) is 0 Å². The Morgan fingerprint density at radius 1 is 1.30 bits per heavy atom. The van der Waals surface area contributed by atoms with E-state index in [1.165, 1.54) is 23.1 Å². The van der Waals surface area contributed by atoms with Gasteiger partial charge in [-0.2, -0.15) is 0 Å². The fourth-order valence-corrected chi connectivity index (χ4v) is 1.67. The summed E-state index contributed by atoms with van der Waals surface area (Å²) >= 11 is 0. The number of allylic oxidation sites excluding steroid dienone is 3. The second-order valence-electron chi connectivity index (χ2n) is 3.94. The summed E-state index contributed by atoms with van der Waals surface area (Å²) in [6, 6.07) is 0. The summed E-state index contributed by atoms with van der Waals surface area (Å²) < 4.78 is 0. The second-order valence-corrected chi connectivity index (χ2v) is 3.94. The molecular formula is C10H16. The molecule has 0 aliphatic heterocycles. The van der Waals surface area contributed by atoms with Crippen LogP contribution in [0.4, 0.5) is 0 Å². The maximum Gasteiger partial charge on any atom is -0.00696 e. The zero-order valence-corrected chi connectivity index (χ0v) is 7.41. The van der Waals surface area contributed by atoms with Crippen molar-refractivity contribution in [3.63, 3.8) is 0 Å². The standard InChI is InChI=1S/C10H16/c1-7-6-10(4,5)9(3)8(7)2/h3,6H2,1-2,4-5H3. The molecule has 0 atom stereocenters. The summed E-state index contributed by atoms with van der Waals surface area (Å²) in [4.78, 5) is 0. The predicted molar refractivity (Wildman–Crippen MR) is 45.9 cm³/mol. The highest BCUT2D eigenvalue weighted by atomic mass is 14.3. The molecule has 0 bridgehead atoms. The van der Waals surface area contributed by atoms with E-state index in [1.54, 1.807) is 0 Å². The Labute approximate surface area is 63.6 Å². The minimum Gasteiger partial charge on any atom is -0.0950 e.